The number of rotatable bonds is 4. The molecule has 0 amide bonds. The molecule has 2 heterocycles. The minimum Gasteiger partial charge on any atom is -0.329 e. The van der Waals surface area contributed by atoms with Gasteiger partial charge in [0.25, 0.3) is 0 Å². The van der Waals surface area contributed by atoms with E-state index in [-0.39, 0.29) is 5.54 Å². The van der Waals surface area contributed by atoms with Crippen LogP contribution >= 0.6 is 0 Å². The van der Waals surface area contributed by atoms with Gasteiger partial charge in [0.2, 0.25) is 0 Å². The molecule has 4 heteroatoms. The van der Waals surface area contributed by atoms with E-state index < -0.39 is 0 Å². The monoisotopic (exact) mass is 268 g/mol. The summed E-state index contributed by atoms with van der Waals surface area (Å²) in [5.74, 6) is 0. The zero-order chi connectivity index (χ0) is 14.0. The largest absolute Gasteiger partial charge is 0.329 e. The van der Waals surface area contributed by atoms with Crippen LogP contribution in [0.3, 0.4) is 0 Å². The fraction of sp³-hybridized carbons (Fsp3) is 1.00. The Kier molecular flexibility index (Phi) is 4.88. The number of piperazine rings is 1. The minimum absolute atomic E-state index is 0.235. The molecule has 2 aliphatic heterocycles. The summed E-state index contributed by atoms with van der Waals surface area (Å²) < 4.78 is 0. The van der Waals surface area contributed by atoms with Gasteiger partial charge in [0.15, 0.2) is 0 Å². The third-order valence-electron chi connectivity index (χ3n) is 5.39. The van der Waals surface area contributed by atoms with E-state index in [1.807, 2.05) is 0 Å². The molecule has 0 aromatic heterocycles. The first-order valence-corrected chi connectivity index (χ1v) is 7.92. The first-order valence-electron chi connectivity index (χ1n) is 7.92. The lowest BCUT2D eigenvalue weighted by Gasteiger charge is -2.48. The molecule has 19 heavy (non-hydrogen) atoms. The molecule has 4 nitrogen and oxygen atoms in total. The molecule has 0 aromatic rings. The predicted molar refractivity (Wildman–Crippen MR) is 81.4 cm³/mol. The van der Waals surface area contributed by atoms with E-state index in [0.717, 1.165) is 13.1 Å². The lowest BCUT2D eigenvalue weighted by Crippen LogP contribution is -2.63. The van der Waals surface area contributed by atoms with Crippen molar-refractivity contribution >= 4 is 0 Å². The molecule has 2 aliphatic rings. The Bertz CT molecular complexity index is 294. The second-order valence-corrected chi connectivity index (χ2v) is 6.73. The normalized spacial score (nSPS) is 35.4. The molecule has 112 valence electrons. The molecule has 0 aromatic carbocycles. The molecule has 2 rings (SSSR count). The van der Waals surface area contributed by atoms with Crippen LogP contribution in [0, 0.1) is 0 Å². The highest BCUT2D eigenvalue weighted by Crippen LogP contribution is 2.30. The van der Waals surface area contributed by atoms with E-state index in [1.54, 1.807) is 0 Å². The molecule has 2 atom stereocenters. The molecular formula is C15H32N4. The molecule has 0 radical (unpaired) electrons. The average Bonchev–Trinajstić information content (AvgIpc) is 2.85. The predicted octanol–water partition coefficient (Wildman–Crippen LogP) is 0.824. The highest BCUT2D eigenvalue weighted by Gasteiger charge is 2.44. The van der Waals surface area contributed by atoms with Crippen LogP contribution in [0.5, 0.6) is 0 Å². The standard InChI is InChI=1S/C15H32N4/c1-5-14-10-19(9-8-17(14)4)15(11-16)6-7-18(12-15)13(2)3/h13-14H,5-12,16H2,1-4H3. The van der Waals surface area contributed by atoms with Gasteiger partial charge in [-0.05, 0) is 33.7 Å². The van der Waals surface area contributed by atoms with E-state index in [1.165, 1.54) is 39.0 Å². The van der Waals surface area contributed by atoms with Crippen molar-refractivity contribution < 1.29 is 0 Å². The van der Waals surface area contributed by atoms with Crippen LogP contribution in [0.25, 0.3) is 0 Å². The van der Waals surface area contributed by atoms with Gasteiger partial charge in [-0.3, -0.25) is 9.80 Å². The van der Waals surface area contributed by atoms with Gasteiger partial charge in [0.05, 0.1) is 0 Å². The van der Waals surface area contributed by atoms with Crippen LogP contribution in [0.2, 0.25) is 0 Å². The summed E-state index contributed by atoms with van der Waals surface area (Å²) in [5, 5.41) is 0. The average molecular weight is 268 g/mol. The molecule has 0 bridgehead atoms. The lowest BCUT2D eigenvalue weighted by atomic mass is 9.93. The highest BCUT2D eigenvalue weighted by molar-refractivity contribution is 5.02. The summed E-state index contributed by atoms with van der Waals surface area (Å²) in [6, 6.07) is 1.34. The molecule has 2 fully saturated rings. The molecule has 0 spiro atoms. The zero-order valence-electron chi connectivity index (χ0n) is 13.2. The minimum atomic E-state index is 0.235. The Morgan fingerprint density at radius 2 is 2.00 bits per heavy atom. The van der Waals surface area contributed by atoms with Crippen LogP contribution in [0.1, 0.15) is 33.6 Å². The first-order chi connectivity index (χ1) is 9.02. The van der Waals surface area contributed by atoms with Crippen LogP contribution < -0.4 is 5.73 Å². The topological polar surface area (TPSA) is 35.7 Å². The lowest BCUT2D eigenvalue weighted by molar-refractivity contribution is 0.0147. The Morgan fingerprint density at radius 1 is 1.26 bits per heavy atom. The van der Waals surface area contributed by atoms with Crippen LogP contribution in [0.4, 0.5) is 0 Å². The SMILES string of the molecule is CCC1CN(C2(CN)CCN(C(C)C)C2)CCN1C. The Labute approximate surface area is 118 Å². The van der Waals surface area contributed by atoms with Crippen LogP contribution in [-0.4, -0.2) is 78.6 Å². The van der Waals surface area contributed by atoms with Gasteiger partial charge < -0.3 is 10.6 Å². The molecule has 2 N–H and O–H groups in total. The summed E-state index contributed by atoms with van der Waals surface area (Å²) in [4.78, 5) is 7.80. The van der Waals surface area contributed by atoms with Crippen LogP contribution in [-0.2, 0) is 0 Å². The summed E-state index contributed by atoms with van der Waals surface area (Å²) in [6.07, 6.45) is 2.48. The van der Waals surface area contributed by atoms with E-state index in [4.69, 9.17) is 5.73 Å². The number of nitrogens with two attached hydrogens (primary N) is 1. The van der Waals surface area contributed by atoms with Gasteiger partial charge in [-0.1, -0.05) is 6.92 Å². The summed E-state index contributed by atoms with van der Waals surface area (Å²) in [7, 11) is 2.26. The Balaban J connectivity index is 2.06. The smallest absolute Gasteiger partial charge is 0.0471 e. The second-order valence-electron chi connectivity index (χ2n) is 6.73. The molecular weight excluding hydrogens is 236 g/mol. The van der Waals surface area contributed by atoms with E-state index in [2.05, 4.69) is 42.5 Å². The molecule has 0 saturated carbocycles. The maximum atomic E-state index is 6.20. The summed E-state index contributed by atoms with van der Waals surface area (Å²) in [6.45, 7) is 13.6. The van der Waals surface area contributed by atoms with Crippen molar-refractivity contribution in [2.24, 2.45) is 5.73 Å². The van der Waals surface area contributed by atoms with E-state index >= 15 is 0 Å². The van der Waals surface area contributed by atoms with Crippen molar-refractivity contribution in [2.75, 3.05) is 46.3 Å². The number of hydrogen-bond donors (Lipinski definition) is 1. The van der Waals surface area contributed by atoms with Crippen LogP contribution in [0.15, 0.2) is 0 Å². The van der Waals surface area contributed by atoms with Crippen molar-refractivity contribution in [3.63, 3.8) is 0 Å². The molecule has 2 unspecified atom stereocenters. The number of hydrogen-bond acceptors (Lipinski definition) is 4. The van der Waals surface area contributed by atoms with Gasteiger partial charge in [-0.15, -0.1) is 0 Å². The Morgan fingerprint density at radius 3 is 2.53 bits per heavy atom. The van der Waals surface area contributed by atoms with Crippen molar-refractivity contribution in [1.29, 1.82) is 0 Å². The Hall–Kier alpha value is -0.160. The zero-order valence-corrected chi connectivity index (χ0v) is 13.2. The number of nitrogens with zero attached hydrogens (tertiary/aromatic N) is 3. The molecule has 2 saturated heterocycles. The third-order valence-corrected chi connectivity index (χ3v) is 5.39. The number of likely N-dealkylation sites (tertiary alicyclic amines) is 1. The second kappa shape index (κ2) is 6.08. The van der Waals surface area contributed by atoms with Gasteiger partial charge in [-0.25, -0.2) is 0 Å². The fourth-order valence-corrected chi connectivity index (χ4v) is 3.70. The van der Waals surface area contributed by atoms with Crippen molar-refractivity contribution in [2.45, 2.75) is 51.2 Å². The first kappa shape index (κ1) is 15.2. The van der Waals surface area contributed by atoms with Crippen molar-refractivity contribution in [3.05, 3.63) is 0 Å². The maximum Gasteiger partial charge on any atom is 0.0471 e. The van der Waals surface area contributed by atoms with Gasteiger partial charge in [0.1, 0.15) is 0 Å². The van der Waals surface area contributed by atoms with E-state index in [9.17, 15) is 0 Å². The third kappa shape index (κ3) is 2.97. The van der Waals surface area contributed by atoms with E-state index in [0.29, 0.717) is 12.1 Å². The van der Waals surface area contributed by atoms with Gasteiger partial charge in [-0.2, -0.15) is 0 Å². The molecule has 0 aliphatic carbocycles. The van der Waals surface area contributed by atoms with Crippen molar-refractivity contribution in [1.82, 2.24) is 14.7 Å². The van der Waals surface area contributed by atoms with Gasteiger partial charge >= 0.3 is 0 Å². The number of likely N-dealkylation sites (N-methyl/N-ethyl adjacent to an activating group) is 1. The van der Waals surface area contributed by atoms with Gasteiger partial charge in [0, 0.05) is 56.9 Å². The summed E-state index contributed by atoms with van der Waals surface area (Å²) in [5.41, 5.74) is 6.44. The van der Waals surface area contributed by atoms with Crippen molar-refractivity contribution in [3.8, 4) is 0 Å². The summed E-state index contributed by atoms with van der Waals surface area (Å²) >= 11 is 0. The maximum absolute atomic E-state index is 6.20. The quantitative estimate of drug-likeness (QED) is 0.819. The highest BCUT2D eigenvalue weighted by atomic mass is 15.4. The fourth-order valence-electron chi connectivity index (χ4n) is 3.70.